The summed E-state index contributed by atoms with van der Waals surface area (Å²) in [6, 6.07) is 7.50. The van der Waals surface area contributed by atoms with Gasteiger partial charge in [-0.1, -0.05) is 19.9 Å². The van der Waals surface area contributed by atoms with Crippen molar-refractivity contribution in [3.05, 3.63) is 35.0 Å². The molecule has 0 unspecified atom stereocenters. The normalized spacial score (nSPS) is 12.9. The Bertz CT molecular complexity index is 842. The molecule has 2 aromatic heterocycles. The van der Waals surface area contributed by atoms with Crippen molar-refractivity contribution in [1.82, 2.24) is 15.3 Å². The summed E-state index contributed by atoms with van der Waals surface area (Å²) in [6.45, 7) is 6.53. The second kappa shape index (κ2) is 8.06. The third kappa shape index (κ3) is 4.43. The number of nitriles is 1. The molecule has 0 spiro atoms. The lowest BCUT2D eigenvalue weighted by molar-refractivity contribution is -0.125. The van der Waals surface area contributed by atoms with Crippen LogP contribution in [0.3, 0.4) is 0 Å². The summed E-state index contributed by atoms with van der Waals surface area (Å²) < 4.78 is 5.08. The Labute approximate surface area is 156 Å². The van der Waals surface area contributed by atoms with Crippen LogP contribution in [-0.4, -0.2) is 34.0 Å². The van der Waals surface area contributed by atoms with E-state index < -0.39 is 24.0 Å². The molecule has 0 saturated heterocycles. The average molecular weight is 372 g/mol. The smallest absolute Gasteiger partial charge is 0.350 e. The van der Waals surface area contributed by atoms with Crippen LogP contribution in [0.5, 0.6) is 0 Å². The molecule has 2 aromatic rings. The van der Waals surface area contributed by atoms with Gasteiger partial charge in [0.15, 0.2) is 6.61 Å². The quantitative estimate of drug-likeness (QED) is 0.782. The average Bonchev–Trinajstić information content (AvgIpc) is 3.02. The highest BCUT2D eigenvalue weighted by Crippen LogP contribution is 2.26. The van der Waals surface area contributed by atoms with Gasteiger partial charge < -0.3 is 10.1 Å². The molecule has 136 valence electrons. The zero-order chi connectivity index (χ0) is 19.3. The predicted molar refractivity (Wildman–Crippen MR) is 97.4 cm³/mol. The zero-order valence-electron chi connectivity index (χ0n) is 15.1. The van der Waals surface area contributed by atoms with Crippen LogP contribution >= 0.6 is 11.3 Å². The summed E-state index contributed by atoms with van der Waals surface area (Å²) in [6.07, 6.45) is 1.65. The van der Waals surface area contributed by atoms with Gasteiger partial charge in [0, 0.05) is 6.20 Å². The molecule has 0 aliphatic heterocycles. The first kappa shape index (κ1) is 19.5. The molecule has 0 fully saturated rings. The molecule has 0 radical (unpaired) electrons. The van der Waals surface area contributed by atoms with E-state index in [2.05, 4.69) is 21.4 Å². The fourth-order valence-electron chi connectivity index (χ4n) is 2.01. The van der Waals surface area contributed by atoms with Gasteiger partial charge in [0.2, 0.25) is 0 Å². The van der Waals surface area contributed by atoms with Crippen molar-refractivity contribution >= 4 is 23.2 Å². The Morgan fingerprint density at radius 2 is 2.15 bits per heavy atom. The van der Waals surface area contributed by atoms with Crippen LogP contribution in [0.2, 0.25) is 0 Å². The molecule has 0 saturated carbocycles. The highest BCUT2D eigenvalue weighted by molar-refractivity contribution is 7.17. The van der Waals surface area contributed by atoms with Gasteiger partial charge in [-0.05, 0) is 31.9 Å². The fraction of sp³-hybridized carbons (Fsp3) is 0.389. The van der Waals surface area contributed by atoms with E-state index in [1.807, 2.05) is 19.9 Å². The van der Waals surface area contributed by atoms with Crippen LogP contribution in [0, 0.1) is 24.2 Å². The third-order valence-corrected chi connectivity index (χ3v) is 5.15. The van der Waals surface area contributed by atoms with Crippen LogP contribution in [-0.2, 0) is 9.53 Å². The second-order valence-electron chi connectivity index (χ2n) is 6.24. The molecule has 2 heterocycles. The summed E-state index contributed by atoms with van der Waals surface area (Å²) in [5.74, 6) is -1.24. The number of pyridine rings is 1. The van der Waals surface area contributed by atoms with Crippen molar-refractivity contribution in [1.29, 1.82) is 5.26 Å². The fourth-order valence-corrected chi connectivity index (χ4v) is 2.95. The molecule has 1 amide bonds. The van der Waals surface area contributed by atoms with E-state index in [-0.39, 0.29) is 5.92 Å². The topological polar surface area (TPSA) is 105 Å². The van der Waals surface area contributed by atoms with E-state index in [9.17, 15) is 14.9 Å². The van der Waals surface area contributed by atoms with Gasteiger partial charge >= 0.3 is 5.97 Å². The number of nitrogens with zero attached hydrogens (tertiary/aromatic N) is 3. The number of hydrogen-bond acceptors (Lipinski definition) is 7. The molecular formula is C18H20N4O3S. The SMILES string of the molecule is Cc1nc(-c2ccccn2)sc1C(=O)OCC(=O)N[C@@](C)(C#N)C(C)C. The minimum atomic E-state index is -1.02. The Morgan fingerprint density at radius 1 is 1.42 bits per heavy atom. The van der Waals surface area contributed by atoms with Gasteiger partial charge in [-0.3, -0.25) is 9.78 Å². The first-order chi connectivity index (χ1) is 12.3. The van der Waals surface area contributed by atoms with Crippen LogP contribution in [0.4, 0.5) is 0 Å². The maximum absolute atomic E-state index is 12.3. The number of aryl methyl sites for hydroxylation is 1. The Morgan fingerprint density at radius 3 is 2.73 bits per heavy atom. The number of hydrogen-bond donors (Lipinski definition) is 1. The minimum Gasteiger partial charge on any atom is -0.451 e. The van der Waals surface area contributed by atoms with E-state index in [0.29, 0.717) is 21.3 Å². The van der Waals surface area contributed by atoms with Crippen LogP contribution < -0.4 is 5.32 Å². The monoisotopic (exact) mass is 372 g/mol. The number of rotatable bonds is 6. The number of thiazole rings is 1. The molecule has 26 heavy (non-hydrogen) atoms. The van der Waals surface area contributed by atoms with Crippen molar-refractivity contribution in [2.24, 2.45) is 5.92 Å². The molecule has 0 aromatic carbocycles. The summed E-state index contributed by atoms with van der Waals surface area (Å²) in [7, 11) is 0. The second-order valence-corrected chi connectivity index (χ2v) is 7.24. The van der Waals surface area contributed by atoms with Crippen molar-refractivity contribution in [2.45, 2.75) is 33.2 Å². The third-order valence-electron chi connectivity index (χ3n) is 3.99. The number of ether oxygens (including phenoxy) is 1. The minimum absolute atomic E-state index is 0.0863. The highest BCUT2D eigenvalue weighted by Gasteiger charge is 2.30. The van der Waals surface area contributed by atoms with Gasteiger partial charge in [-0.25, -0.2) is 9.78 Å². The molecule has 8 heteroatoms. The van der Waals surface area contributed by atoms with Crippen molar-refractivity contribution < 1.29 is 14.3 Å². The lowest BCUT2D eigenvalue weighted by atomic mass is 9.90. The zero-order valence-corrected chi connectivity index (χ0v) is 15.9. The number of nitrogens with one attached hydrogen (secondary N) is 1. The molecule has 0 aliphatic rings. The molecule has 0 aliphatic carbocycles. The van der Waals surface area contributed by atoms with Gasteiger partial charge in [-0.15, -0.1) is 11.3 Å². The Balaban J connectivity index is 2.02. The lowest BCUT2D eigenvalue weighted by Gasteiger charge is -2.27. The number of amides is 1. The first-order valence-electron chi connectivity index (χ1n) is 8.05. The summed E-state index contributed by atoms with van der Waals surface area (Å²) in [5.41, 5.74) is 0.167. The van der Waals surface area contributed by atoms with Gasteiger partial charge in [-0.2, -0.15) is 5.26 Å². The van der Waals surface area contributed by atoms with Gasteiger partial charge in [0.05, 0.1) is 17.5 Å². The summed E-state index contributed by atoms with van der Waals surface area (Å²) in [5, 5.41) is 12.4. The van der Waals surface area contributed by atoms with E-state index in [0.717, 1.165) is 11.3 Å². The first-order valence-corrected chi connectivity index (χ1v) is 8.86. The Hall–Kier alpha value is -2.79. The van der Waals surface area contributed by atoms with E-state index in [1.54, 1.807) is 32.2 Å². The van der Waals surface area contributed by atoms with Crippen LogP contribution in [0.15, 0.2) is 24.4 Å². The van der Waals surface area contributed by atoms with E-state index in [1.165, 1.54) is 0 Å². The lowest BCUT2D eigenvalue weighted by Crippen LogP contribution is -2.50. The van der Waals surface area contributed by atoms with Crippen molar-refractivity contribution in [3.63, 3.8) is 0 Å². The Kier molecular flexibility index (Phi) is 6.05. The molecule has 2 rings (SSSR count). The standard InChI is InChI=1S/C18H20N4O3S/c1-11(2)18(4,10-19)22-14(23)9-25-17(24)15-12(3)21-16(26-15)13-7-5-6-8-20-13/h5-8,11H,9H2,1-4H3,(H,22,23)/t18-/m0/s1. The van der Waals surface area contributed by atoms with Gasteiger partial charge in [0.1, 0.15) is 15.4 Å². The summed E-state index contributed by atoms with van der Waals surface area (Å²) >= 11 is 1.16. The van der Waals surface area contributed by atoms with Crippen LogP contribution in [0.1, 0.15) is 36.1 Å². The molecule has 1 atom stereocenters. The maximum atomic E-state index is 12.3. The highest BCUT2D eigenvalue weighted by atomic mass is 32.1. The number of carbonyl (C=O) groups excluding carboxylic acids is 2. The number of esters is 1. The molecular weight excluding hydrogens is 352 g/mol. The van der Waals surface area contributed by atoms with E-state index in [4.69, 9.17) is 4.74 Å². The largest absolute Gasteiger partial charge is 0.451 e. The van der Waals surface area contributed by atoms with Gasteiger partial charge in [0.25, 0.3) is 5.91 Å². The van der Waals surface area contributed by atoms with E-state index >= 15 is 0 Å². The van der Waals surface area contributed by atoms with Crippen LogP contribution in [0.25, 0.3) is 10.7 Å². The molecule has 7 nitrogen and oxygen atoms in total. The number of carbonyl (C=O) groups is 2. The maximum Gasteiger partial charge on any atom is 0.350 e. The molecule has 0 bridgehead atoms. The molecule has 1 N–H and O–H groups in total. The predicted octanol–water partition coefficient (Wildman–Crippen LogP) is 2.72. The summed E-state index contributed by atoms with van der Waals surface area (Å²) in [4.78, 5) is 33.1. The number of aromatic nitrogens is 2. The van der Waals surface area contributed by atoms with Crippen molar-refractivity contribution in [2.75, 3.05) is 6.61 Å². The van der Waals surface area contributed by atoms with Crippen molar-refractivity contribution in [3.8, 4) is 16.8 Å².